The van der Waals surface area contributed by atoms with Crippen LogP contribution < -0.4 is 4.90 Å². The first-order chi connectivity index (χ1) is 12.0. The Morgan fingerprint density at radius 1 is 1.12 bits per heavy atom. The topological polar surface area (TPSA) is 64.1 Å². The van der Waals surface area contributed by atoms with Crippen LogP contribution in [0.25, 0.3) is 0 Å². The molecule has 3 rings (SSSR count). The number of anilines is 1. The van der Waals surface area contributed by atoms with Gasteiger partial charge in [0, 0.05) is 31.9 Å². The number of benzene rings is 1. The molecule has 0 saturated carbocycles. The Balaban J connectivity index is 1.59. The molecule has 3 amide bonds. The van der Waals surface area contributed by atoms with Crippen LogP contribution in [0.3, 0.4) is 0 Å². The average molecular weight is 345 g/mol. The fourth-order valence-corrected chi connectivity index (χ4v) is 3.39. The highest BCUT2D eigenvalue weighted by molar-refractivity contribution is 5.96. The smallest absolute Gasteiger partial charge is 0.325 e. The van der Waals surface area contributed by atoms with Crippen molar-refractivity contribution < 1.29 is 14.7 Å². The Morgan fingerprint density at radius 2 is 1.76 bits per heavy atom. The largest absolute Gasteiger partial charge is 0.393 e. The van der Waals surface area contributed by atoms with Crippen molar-refractivity contribution in [3.8, 4) is 0 Å². The molecule has 2 aliphatic heterocycles. The van der Waals surface area contributed by atoms with Gasteiger partial charge in [-0.05, 0) is 36.5 Å². The monoisotopic (exact) mass is 345 g/mol. The molecule has 0 spiro atoms. The lowest BCUT2D eigenvalue weighted by Crippen LogP contribution is -2.46. The van der Waals surface area contributed by atoms with Gasteiger partial charge in [0.15, 0.2) is 0 Å². The molecule has 6 nitrogen and oxygen atoms in total. The molecule has 0 aromatic heterocycles. The molecular weight excluding hydrogens is 318 g/mol. The molecule has 2 aliphatic rings. The SMILES string of the molecule is CC(C)c1ccc(N2CCN(CC(=O)N3CCC(O)CC3)C2=O)cc1. The zero-order valence-corrected chi connectivity index (χ0v) is 15.0. The van der Waals surface area contributed by atoms with Gasteiger partial charge in [0.1, 0.15) is 6.54 Å². The Hall–Kier alpha value is -2.08. The van der Waals surface area contributed by atoms with Gasteiger partial charge in [0.05, 0.1) is 6.10 Å². The van der Waals surface area contributed by atoms with Gasteiger partial charge in [-0.2, -0.15) is 0 Å². The second-order valence-corrected chi connectivity index (χ2v) is 7.21. The van der Waals surface area contributed by atoms with Crippen molar-refractivity contribution in [2.24, 2.45) is 0 Å². The van der Waals surface area contributed by atoms with Crippen LogP contribution in [0.5, 0.6) is 0 Å². The Labute approximate surface area is 149 Å². The van der Waals surface area contributed by atoms with E-state index in [2.05, 4.69) is 26.0 Å². The lowest BCUT2D eigenvalue weighted by molar-refractivity contribution is -0.133. The molecule has 6 heteroatoms. The fraction of sp³-hybridized carbons (Fsp3) is 0.579. The third-order valence-corrected chi connectivity index (χ3v) is 5.11. The molecule has 2 heterocycles. The van der Waals surface area contributed by atoms with E-state index in [1.54, 1.807) is 14.7 Å². The van der Waals surface area contributed by atoms with Gasteiger partial charge < -0.3 is 14.9 Å². The van der Waals surface area contributed by atoms with Gasteiger partial charge in [0.25, 0.3) is 0 Å². The minimum Gasteiger partial charge on any atom is -0.393 e. The number of piperidine rings is 1. The van der Waals surface area contributed by atoms with Crippen LogP contribution in [0.1, 0.15) is 38.2 Å². The Morgan fingerprint density at radius 3 is 2.36 bits per heavy atom. The van der Waals surface area contributed by atoms with E-state index in [1.165, 1.54) is 5.56 Å². The second-order valence-electron chi connectivity index (χ2n) is 7.21. The highest BCUT2D eigenvalue weighted by Crippen LogP contribution is 2.23. The lowest BCUT2D eigenvalue weighted by Gasteiger charge is -2.31. The molecule has 0 bridgehead atoms. The van der Waals surface area contributed by atoms with E-state index < -0.39 is 0 Å². The number of amides is 3. The summed E-state index contributed by atoms with van der Waals surface area (Å²) in [5, 5.41) is 9.54. The van der Waals surface area contributed by atoms with Crippen LogP contribution in [0.2, 0.25) is 0 Å². The molecule has 2 fully saturated rings. The number of likely N-dealkylation sites (tertiary alicyclic amines) is 1. The van der Waals surface area contributed by atoms with Crippen LogP contribution in [0.15, 0.2) is 24.3 Å². The third-order valence-electron chi connectivity index (χ3n) is 5.11. The number of aliphatic hydroxyl groups excluding tert-OH is 1. The van der Waals surface area contributed by atoms with Crippen LogP contribution in [0.4, 0.5) is 10.5 Å². The quantitative estimate of drug-likeness (QED) is 0.908. The van der Waals surface area contributed by atoms with Gasteiger partial charge in [-0.3, -0.25) is 9.69 Å². The van der Waals surface area contributed by atoms with Crippen molar-refractivity contribution in [3.05, 3.63) is 29.8 Å². The summed E-state index contributed by atoms with van der Waals surface area (Å²) in [5.41, 5.74) is 2.13. The maximum absolute atomic E-state index is 12.6. The highest BCUT2D eigenvalue weighted by atomic mass is 16.3. The van der Waals surface area contributed by atoms with Crippen LogP contribution in [0, 0.1) is 0 Å². The van der Waals surface area contributed by atoms with E-state index in [4.69, 9.17) is 0 Å². The van der Waals surface area contributed by atoms with Gasteiger partial charge in [0.2, 0.25) is 5.91 Å². The standard InChI is InChI=1S/C19H27N3O3/c1-14(2)15-3-5-16(6-4-15)22-12-11-21(19(22)25)13-18(24)20-9-7-17(23)8-10-20/h3-6,14,17,23H,7-13H2,1-2H3. The maximum atomic E-state index is 12.6. The molecule has 25 heavy (non-hydrogen) atoms. The summed E-state index contributed by atoms with van der Waals surface area (Å²) in [4.78, 5) is 30.1. The number of hydrogen-bond acceptors (Lipinski definition) is 3. The molecule has 0 atom stereocenters. The number of aliphatic hydroxyl groups is 1. The first kappa shape index (κ1) is 17.7. The predicted octanol–water partition coefficient (Wildman–Crippen LogP) is 2.04. The first-order valence-electron chi connectivity index (χ1n) is 9.08. The molecule has 0 radical (unpaired) electrons. The fourth-order valence-electron chi connectivity index (χ4n) is 3.39. The Kier molecular flexibility index (Phi) is 5.27. The van der Waals surface area contributed by atoms with Crippen LogP contribution in [-0.2, 0) is 4.79 Å². The predicted molar refractivity (Wildman–Crippen MR) is 96.7 cm³/mol. The summed E-state index contributed by atoms with van der Waals surface area (Å²) in [5.74, 6) is 0.428. The van der Waals surface area contributed by atoms with Crippen molar-refractivity contribution in [3.63, 3.8) is 0 Å². The van der Waals surface area contributed by atoms with E-state index in [-0.39, 0.29) is 24.6 Å². The van der Waals surface area contributed by atoms with Gasteiger partial charge >= 0.3 is 6.03 Å². The molecule has 1 aromatic carbocycles. The molecule has 2 saturated heterocycles. The van der Waals surface area contributed by atoms with E-state index in [9.17, 15) is 14.7 Å². The van der Waals surface area contributed by atoms with Gasteiger partial charge in [-0.15, -0.1) is 0 Å². The minimum absolute atomic E-state index is 0.0303. The number of carbonyl (C=O) groups excluding carboxylic acids is 2. The zero-order chi connectivity index (χ0) is 18.0. The average Bonchev–Trinajstić information content (AvgIpc) is 2.96. The third kappa shape index (κ3) is 3.95. The molecule has 0 unspecified atom stereocenters. The van der Waals surface area contributed by atoms with Crippen molar-refractivity contribution in [1.29, 1.82) is 0 Å². The first-order valence-corrected chi connectivity index (χ1v) is 9.08. The molecular formula is C19H27N3O3. The summed E-state index contributed by atoms with van der Waals surface area (Å²) in [7, 11) is 0. The molecule has 0 aliphatic carbocycles. The maximum Gasteiger partial charge on any atom is 0.325 e. The van der Waals surface area contributed by atoms with Crippen LogP contribution >= 0.6 is 0 Å². The Bertz CT molecular complexity index is 621. The molecule has 1 N–H and O–H groups in total. The van der Waals surface area contributed by atoms with Crippen molar-refractivity contribution >= 4 is 17.6 Å². The zero-order valence-electron chi connectivity index (χ0n) is 15.0. The lowest BCUT2D eigenvalue weighted by atomic mass is 10.0. The summed E-state index contributed by atoms with van der Waals surface area (Å²) in [6.45, 7) is 6.71. The van der Waals surface area contributed by atoms with Gasteiger partial charge in [-0.25, -0.2) is 4.79 Å². The van der Waals surface area contributed by atoms with E-state index in [0.29, 0.717) is 44.9 Å². The second kappa shape index (κ2) is 7.44. The number of carbonyl (C=O) groups is 2. The number of hydrogen-bond donors (Lipinski definition) is 1. The van der Waals surface area contributed by atoms with Gasteiger partial charge in [-0.1, -0.05) is 26.0 Å². The van der Waals surface area contributed by atoms with Crippen molar-refractivity contribution in [2.75, 3.05) is 37.6 Å². The van der Waals surface area contributed by atoms with E-state index in [1.807, 2.05) is 12.1 Å². The summed E-state index contributed by atoms with van der Waals surface area (Å²) < 4.78 is 0. The number of nitrogens with zero attached hydrogens (tertiary/aromatic N) is 3. The van der Waals surface area contributed by atoms with Crippen LogP contribution in [-0.4, -0.2) is 65.7 Å². The number of rotatable bonds is 4. The molecule has 1 aromatic rings. The summed E-state index contributed by atoms with van der Waals surface area (Å²) in [6.07, 6.45) is 0.934. The van der Waals surface area contributed by atoms with E-state index in [0.717, 1.165) is 5.69 Å². The summed E-state index contributed by atoms with van der Waals surface area (Å²) in [6, 6.07) is 7.96. The number of urea groups is 1. The summed E-state index contributed by atoms with van der Waals surface area (Å²) >= 11 is 0. The normalized spacial score (nSPS) is 19.2. The minimum atomic E-state index is -0.304. The van der Waals surface area contributed by atoms with E-state index >= 15 is 0 Å². The molecule has 136 valence electrons. The van der Waals surface area contributed by atoms with Crippen molar-refractivity contribution in [1.82, 2.24) is 9.80 Å². The van der Waals surface area contributed by atoms with Crippen molar-refractivity contribution in [2.45, 2.75) is 38.7 Å². The highest BCUT2D eigenvalue weighted by Gasteiger charge is 2.32.